The predicted octanol–water partition coefficient (Wildman–Crippen LogP) is 3.16. The lowest BCUT2D eigenvalue weighted by Gasteiger charge is -1.99. The molecule has 2 heterocycles. The van der Waals surface area contributed by atoms with Crippen molar-refractivity contribution in [3.63, 3.8) is 0 Å². The molecule has 0 saturated carbocycles. The van der Waals surface area contributed by atoms with E-state index in [0.717, 1.165) is 0 Å². The van der Waals surface area contributed by atoms with Gasteiger partial charge >= 0.3 is 5.97 Å². The summed E-state index contributed by atoms with van der Waals surface area (Å²) in [6.07, 6.45) is 1.64. The van der Waals surface area contributed by atoms with Gasteiger partial charge in [0.15, 0.2) is 17.4 Å². The average molecular weight is 263 g/mol. The summed E-state index contributed by atoms with van der Waals surface area (Å²) in [4.78, 5) is 15.9. The number of oxazole rings is 1. The van der Waals surface area contributed by atoms with Crippen LogP contribution in [0, 0.1) is 0 Å². The standard InChI is InChI=1S/C14H17NO4/c1-4-17-12(16)8-10-13(11-6-5-7-18-11)19-14(15-10)9(2)3/h5-7,9H,4,8H2,1-3H3. The molecule has 0 bridgehead atoms. The van der Waals surface area contributed by atoms with E-state index in [2.05, 4.69) is 4.98 Å². The Hall–Kier alpha value is -2.04. The van der Waals surface area contributed by atoms with Crippen LogP contribution in [0.3, 0.4) is 0 Å². The highest BCUT2D eigenvalue weighted by molar-refractivity contribution is 5.74. The number of hydrogen-bond donors (Lipinski definition) is 0. The number of esters is 1. The lowest BCUT2D eigenvalue weighted by molar-refractivity contribution is -0.142. The first-order valence-corrected chi connectivity index (χ1v) is 6.31. The van der Waals surface area contributed by atoms with Gasteiger partial charge in [0.1, 0.15) is 5.69 Å². The molecule has 19 heavy (non-hydrogen) atoms. The summed E-state index contributed by atoms with van der Waals surface area (Å²) >= 11 is 0. The molecule has 2 rings (SSSR count). The molecular formula is C14H17NO4. The third kappa shape index (κ3) is 3.05. The monoisotopic (exact) mass is 263 g/mol. The van der Waals surface area contributed by atoms with Crippen molar-refractivity contribution < 1.29 is 18.4 Å². The van der Waals surface area contributed by atoms with Crippen LogP contribution in [0.1, 0.15) is 38.3 Å². The molecule has 5 heteroatoms. The lowest BCUT2D eigenvalue weighted by Crippen LogP contribution is -2.08. The van der Waals surface area contributed by atoms with Gasteiger partial charge in [-0.1, -0.05) is 13.8 Å². The Bertz CT molecular complexity index is 540. The Morgan fingerprint density at radius 1 is 1.47 bits per heavy atom. The second kappa shape index (κ2) is 5.73. The first kappa shape index (κ1) is 13.4. The second-order valence-corrected chi connectivity index (χ2v) is 4.44. The number of carbonyl (C=O) groups excluding carboxylic acids is 1. The van der Waals surface area contributed by atoms with Crippen LogP contribution < -0.4 is 0 Å². The van der Waals surface area contributed by atoms with Crippen molar-refractivity contribution in [2.75, 3.05) is 6.61 Å². The van der Waals surface area contributed by atoms with Crippen molar-refractivity contribution >= 4 is 5.97 Å². The number of rotatable bonds is 5. The molecule has 0 unspecified atom stereocenters. The topological polar surface area (TPSA) is 65.5 Å². The van der Waals surface area contributed by atoms with E-state index in [1.807, 2.05) is 13.8 Å². The molecule has 0 spiro atoms. The van der Waals surface area contributed by atoms with Gasteiger partial charge in [-0.15, -0.1) is 0 Å². The number of hydrogen-bond acceptors (Lipinski definition) is 5. The summed E-state index contributed by atoms with van der Waals surface area (Å²) in [7, 11) is 0. The molecule has 0 N–H and O–H groups in total. The van der Waals surface area contributed by atoms with E-state index in [1.165, 1.54) is 0 Å². The minimum Gasteiger partial charge on any atom is -0.466 e. The zero-order valence-corrected chi connectivity index (χ0v) is 11.3. The number of nitrogens with zero attached hydrogens (tertiary/aromatic N) is 1. The van der Waals surface area contributed by atoms with E-state index in [0.29, 0.717) is 29.7 Å². The molecule has 0 radical (unpaired) electrons. The third-order valence-electron chi connectivity index (χ3n) is 2.57. The molecule has 0 aliphatic heterocycles. The van der Waals surface area contributed by atoms with E-state index in [-0.39, 0.29) is 18.3 Å². The van der Waals surface area contributed by atoms with E-state index in [1.54, 1.807) is 25.3 Å². The first-order chi connectivity index (χ1) is 9.11. The molecule has 5 nitrogen and oxygen atoms in total. The van der Waals surface area contributed by atoms with Gasteiger partial charge in [0.05, 0.1) is 19.3 Å². The Labute approximate surface area is 111 Å². The second-order valence-electron chi connectivity index (χ2n) is 4.44. The minimum atomic E-state index is -0.320. The van der Waals surface area contributed by atoms with Gasteiger partial charge in [0.25, 0.3) is 0 Å². The van der Waals surface area contributed by atoms with Gasteiger partial charge < -0.3 is 13.6 Å². The smallest absolute Gasteiger partial charge is 0.312 e. The maximum atomic E-state index is 11.6. The summed E-state index contributed by atoms with van der Waals surface area (Å²) in [5.41, 5.74) is 0.553. The summed E-state index contributed by atoms with van der Waals surface area (Å²) in [6, 6.07) is 3.54. The molecule has 0 amide bonds. The fourth-order valence-electron chi connectivity index (χ4n) is 1.69. The predicted molar refractivity (Wildman–Crippen MR) is 68.6 cm³/mol. The highest BCUT2D eigenvalue weighted by Gasteiger charge is 2.21. The normalized spacial score (nSPS) is 10.9. The van der Waals surface area contributed by atoms with Crippen LogP contribution in [0.15, 0.2) is 27.2 Å². The number of aromatic nitrogens is 1. The maximum Gasteiger partial charge on any atom is 0.312 e. The molecule has 2 aromatic rings. The molecule has 0 aliphatic rings. The van der Waals surface area contributed by atoms with Crippen molar-refractivity contribution in [2.45, 2.75) is 33.1 Å². The molecule has 0 saturated heterocycles. The van der Waals surface area contributed by atoms with Gasteiger partial charge in [-0.2, -0.15) is 0 Å². The molecular weight excluding hydrogens is 246 g/mol. The summed E-state index contributed by atoms with van der Waals surface area (Å²) in [5, 5.41) is 0. The quantitative estimate of drug-likeness (QED) is 0.775. The number of furan rings is 1. The molecule has 0 aromatic carbocycles. The van der Waals surface area contributed by atoms with E-state index in [4.69, 9.17) is 13.6 Å². The van der Waals surface area contributed by atoms with E-state index >= 15 is 0 Å². The van der Waals surface area contributed by atoms with Gasteiger partial charge in [-0.05, 0) is 19.1 Å². The number of ether oxygens (including phenoxy) is 1. The van der Waals surface area contributed by atoms with Crippen LogP contribution in [-0.2, 0) is 16.0 Å². The molecule has 102 valence electrons. The van der Waals surface area contributed by atoms with Crippen LogP contribution in [0.25, 0.3) is 11.5 Å². The van der Waals surface area contributed by atoms with Gasteiger partial charge in [-0.25, -0.2) is 4.98 Å². The fraction of sp³-hybridized carbons (Fsp3) is 0.429. The van der Waals surface area contributed by atoms with Gasteiger partial charge in [0.2, 0.25) is 0 Å². The lowest BCUT2D eigenvalue weighted by atomic mass is 10.2. The fourth-order valence-corrected chi connectivity index (χ4v) is 1.69. The van der Waals surface area contributed by atoms with Crippen LogP contribution >= 0.6 is 0 Å². The Kier molecular flexibility index (Phi) is 4.04. The maximum absolute atomic E-state index is 11.6. The van der Waals surface area contributed by atoms with Gasteiger partial charge in [0, 0.05) is 5.92 Å². The molecule has 2 aromatic heterocycles. The van der Waals surface area contributed by atoms with Crippen molar-refractivity contribution in [1.29, 1.82) is 0 Å². The minimum absolute atomic E-state index is 0.0834. The SMILES string of the molecule is CCOC(=O)Cc1nc(C(C)C)oc1-c1ccco1. The number of carbonyl (C=O) groups is 1. The summed E-state index contributed by atoms with van der Waals surface area (Å²) < 4.78 is 15.9. The van der Waals surface area contributed by atoms with Crippen molar-refractivity contribution in [3.05, 3.63) is 30.0 Å². The van der Waals surface area contributed by atoms with Crippen molar-refractivity contribution in [1.82, 2.24) is 4.98 Å². The zero-order valence-electron chi connectivity index (χ0n) is 11.3. The van der Waals surface area contributed by atoms with Crippen LogP contribution in [0.4, 0.5) is 0 Å². The van der Waals surface area contributed by atoms with E-state index in [9.17, 15) is 4.79 Å². The van der Waals surface area contributed by atoms with E-state index < -0.39 is 0 Å². The Balaban J connectivity index is 2.32. The molecule has 0 aliphatic carbocycles. The molecule has 0 fully saturated rings. The zero-order chi connectivity index (χ0) is 13.8. The summed E-state index contributed by atoms with van der Waals surface area (Å²) in [6.45, 7) is 6.08. The van der Waals surface area contributed by atoms with Gasteiger partial charge in [-0.3, -0.25) is 4.79 Å². The molecule has 0 atom stereocenters. The van der Waals surface area contributed by atoms with Crippen molar-refractivity contribution in [3.8, 4) is 11.5 Å². The first-order valence-electron chi connectivity index (χ1n) is 6.31. The van der Waals surface area contributed by atoms with Crippen LogP contribution in [0.2, 0.25) is 0 Å². The van der Waals surface area contributed by atoms with Crippen molar-refractivity contribution in [2.24, 2.45) is 0 Å². The third-order valence-corrected chi connectivity index (χ3v) is 2.57. The Morgan fingerprint density at radius 3 is 2.84 bits per heavy atom. The van der Waals surface area contributed by atoms with Crippen LogP contribution in [0.5, 0.6) is 0 Å². The largest absolute Gasteiger partial charge is 0.466 e. The Morgan fingerprint density at radius 2 is 2.26 bits per heavy atom. The summed E-state index contributed by atoms with van der Waals surface area (Å²) in [5.74, 6) is 1.48. The average Bonchev–Trinajstić information content (AvgIpc) is 2.96. The van der Waals surface area contributed by atoms with Crippen LogP contribution in [-0.4, -0.2) is 17.6 Å². The highest BCUT2D eigenvalue weighted by atomic mass is 16.5. The highest BCUT2D eigenvalue weighted by Crippen LogP contribution is 2.28.